The van der Waals surface area contributed by atoms with E-state index in [-0.39, 0.29) is 11.5 Å². The van der Waals surface area contributed by atoms with Crippen LogP contribution in [-0.2, 0) is 9.53 Å². The lowest BCUT2D eigenvalue weighted by atomic mass is 9.89. The molecule has 1 aliphatic carbocycles. The van der Waals surface area contributed by atoms with Crippen LogP contribution in [0, 0.1) is 5.92 Å². The van der Waals surface area contributed by atoms with Gasteiger partial charge in [-0.1, -0.05) is 49.2 Å². The fourth-order valence-corrected chi connectivity index (χ4v) is 5.24. The third kappa shape index (κ3) is 5.33. The molecule has 2 aromatic carbocycles. The van der Waals surface area contributed by atoms with E-state index in [0.717, 1.165) is 12.8 Å². The average molecular weight is 480 g/mol. The van der Waals surface area contributed by atoms with Gasteiger partial charge in [-0.15, -0.1) is 0 Å². The van der Waals surface area contributed by atoms with Gasteiger partial charge < -0.3 is 10.1 Å². The number of nitrogens with one attached hydrogen (secondary N) is 1. The molecule has 8 heteroatoms. The second kappa shape index (κ2) is 10.9. The summed E-state index contributed by atoms with van der Waals surface area (Å²) in [5.41, 5.74) is 1.10. The summed E-state index contributed by atoms with van der Waals surface area (Å²) in [6.45, 7) is 2.50. The maximum absolute atomic E-state index is 13.5. The van der Waals surface area contributed by atoms with E-state index in [2.05, 4.69) is 5.32 Å². The minimum absolute atomic E-state index is 0.0761. The molecule has 1 unspecified atom stereocenters. The van der Waals surface area contributed by atoms with Crippen LogP contribution in [0.25, 0.3) is 16.6 Å². The van der Waals surface area contributed by atoms with Crippen molar-refractivity contribution in [2.75, 3.05) is 13.7 Å². The molecule has 4 rings (SSSR count). The number of rotatable bonds is 7. The normalized spacial score (nSPS) is 15.1. The SMILES string of the molecule is COC(=O)c1ccc2c(=O)n(-c3ccccc3)c(SC(C)C(=O)NCC3CCCCC3)nc2c1. The number of thioether (sulfide) groups is 1. The summed E-state index contributed by atoms with van der Waals surface area (Å²) in [7, 11) is 1.31. The smallest absolute Gasteiger partial charge is 0.337 e. The molecule has 1 aromatic heterocycles. The topological polar surface area (TPSA) is 90.3 Å². The Morgan fingerprint density at radius 2 is 1.88 bits per heavy atom. The minimum atomic E-state index is -0.499. The molecule has 178 valence electrons. The molecule has 7 nitrogen and oxygen atoms in total. The summed E-state index contributed by atoms with van der Waals surface area (Å²) in [5.74, 6) is -0.0404. The van der Waals surface area contributed by atoms with E-state index in [1.54, 1.807) is 18.2 Å². The zero-order chi connectivity index (χ0) is 24.1. The number of benzene rings is 2. The molecular weight excluding hydrogens is 450 g/mol. The van der Waals surface area contributed by atoms with Crippen molar-refractivity contribution < 1.29 is 14.3 Å². The second-order valence-electron chi connectivity index (χ2n) is 8.60. The summed E-state index contributed by atoms with van der Waals surface area (Å²) in [5, 5.41) is 3.41. The zero-order valence-electron chi connectivity index (χ0n) is 19.5. The lowest BCUT2D eigenvalue weighted by Gasteiger charge is -2.22. The van der Waals surface area contributed by atoms with Crippen LogP contribution in [0.2, 0.25) is 0 Å². The van der Waals surface area contributed by atoms with Crippen molar-refractivity contribution in [3.8, 4) is 5.69 Å². The largest absolute Gasteiger partial charge is 0.465 e. The molecule has 0 spiro atoms. The second-order valence-corrected chi connectivity index (χ2v) is 9.91. The number of esters is 1. The Morgan fingerprint density at radius 3 is 2.59 bits per heavy atom. The Morgan fingerprint density at radius 1 is 1.15 bits per heavy atom. The molecular formula is C26H29N3O4S. The lowest BCUT2D eigenvalue weighted by Crippen LogP contribution is -2.35. The van der Waals surface area contributed by atoms with Gasteiger partial charge in [-0.25, -0.2) is 9.78 Å². The first-order valence-corrected chi connectivity index (χ1v) is 12.5. The highest BCUT2D eigenvalue weighted by atomic mass is 32.2. The van der Waals surface area contributed by atoms with Crippen LogP contribution in [0.5, 0.6) is 0 Å². The monoisotopic (exact) mass is 479 g/mol. The Kier molecular flexibility index (Phi) is 7.67. The molecule has 1 heterocycles. The maximum Gasteiger partial charge on any atom is 0.337 e. The van der Waals surface area contributed by atoms with Crippen LogP contribution >= 0.6 is 11.8 Å². The van der Waals surface area contributed by atoms with Crippen molar-refractivity contribution in [1.82, 2.24) is 14.9 Å². The van der Waals surface area contributed by atoms with E-state index in [9.17, 15) is 14.4 Å². The standard InChI is InChI=1S/C26H29N3O4S/c1-17(23(30)27-16-18-9-5-3-6-10-18)34-26-28-22-15-19(25(32)33-2)13-14-21(22)24(31)29(26)20-11-7-4-8-12-20/h4,7-8,11-15,17-18H,3,5-6,9-10,16H2,1-2H3,(H,27,30). The predicted molar refractivity (Wildman–Crippen MR) is 134 cm³/mol. The Balaban J connectivity index is 1.66. The van der Waals surface area contributed by atoms with E-state index in [1.807, 2.05) is 37.3 Å². The van der Waals surface area contributed by atoms with Gasteiger partial charge in [0.05, 0.1) is 34.5 Å². The molecule has 3 aromatic rings. The van der Waals surface area contributed by atoms with Gasteiger partial charge in [0.25, 0.3) is 5.56 Å². The highest BCUT2D eigenvalue weighted by molar-refractivity contribution is 8.00. The quantitative estimate of drug-likeness (QED) is 0.308. The number of para-hydroxylation sites is 1. The fraction of sp³-hybridized carbons (Fsp3) is 0.385. The third-order valence-corrected chi connectivity index (χ3v) is 7.27. The van der Waals surface area contributed by atoms with Crippen LogP contribution in [0.15, 0.2) is 58.5 Å². The van der Waals surface area contributed by atoms with Crippen molar-refractivity contribution in [1.29, 1.82) is 0 Å². The van der Waals surface area contributed by atoms with E-state index in [4.69, 9.17) is 9.72 Å². The third-order valence-electron chi connectivity index (χ3n) is 6.22. The first-order valence-electron chi connectivity index (χ1n) is 11.6. The first-order chi connectivity index (χ1) is 16.5. The van der Waals surface area contributed by atoms with Crippen molar-refractivity contribution in [3.63, 3.8) is 0 Å². The van der Waals surface area contributed by atoms with Gasteiger partial charge in [-0.3, -0.25) is 14.2 Å². The van der Waals surface area contributed by atoms with Crippen LogP contribution < -0.4 is 10.9 Å². The number of carbonyl (C=O) groups excluding carboxylic acids is 2. The summed E-state index contributed by atoms with van der Waals surface area (Å²) in [6.07, 6.45) is 6.04. The maximum atomic E-state index is 13.5. The highest BCUT2D eigenvalue weighted by Gasteiger charge is 2.22. The number of nitrogens with zero attached hydrogens (tertiary/aromatic N) is 2. The molecule has 1 N–H and O–H groups in total. The van der Waals surface area contributed by atoms with E-state index >= 15 is 0 Å². The number of methoxy groups -OCH3 is 1. The van der Waals surface area contributed by atoms with Gasteiger partial charge in [-0.05, 0) is 56.0 Å². The van der Waals surface area contributed by atoms with E-state index < -0.39 is 11.2 Å². The van der Waals surface area contributed by atoms with Crippen LogP contribution in [0.1, 0.15) is 49.4 Å². The van der Waals surface area contributed by atoms with E-state index in [1.165, 1.54) is 42.7 Å². The number of ether oxygens (including phenoxy) is 1. The summed E-state index contributed by atoms with van der Waals surface area (Å²) in [4.78, 5) is 43.0. The molecule has 1 aliphatic rings. The molecule has 1 fully saturated rings. The molecule has 0 saturated heterocycles. The molecule has 0 aliphatic heterocycles. The van der Waals surface area contributed by atoms with Gasteiger partial charge in [-0.2, -0.15) is 0 Å². The number of amides is 1. The van der Waals surface area contributed by atoms with Gasteiger partial charge in [0.15, 0.2) is 5.16 Å². The van der Waals surface area contributed by atoms with E-state index in [0.29, 0.717) is 39.8 Å². The minimum Gasteiger partial charge on any atom is -0.465 e. The van der Waals surface area contributed by atoms with Crippen molar-refractivity contribution >= 4 is 34.5 Å². The number of carbonyl (C=O) groups is 2. The molecule has 34 heavy (non-hydrogen) atoms. The van der Waals surface area contributed by atoms with Crippen LogP contribution in [-0.4, -0.2) is 40.3 Å². The van der Waals surface area contributed by atoms with Crippen molar-refractivity contribution in [2.45, 2.75) is 49.4 Å². The fourth-order valence-electron chi connectivity index (χ4n) is 4.29. The molecule has 1 amide bonds. The Hall–Kier alpha value is -3.13. The molecule has 0 bridgehead atoms. The predicted octanol–water partition coefficient (Wildman–Crippen LogP) is 4.35. The van der Waals surface area contributed by atoms with Crippen molar-refractivity contribution in [2.24, 2.45) is 5.92 Å². The number of hydrogen-bond acceptors (Lipinski definition) is 6. The zero-order valence-corrected chi connectivity index (χ0v) is 20.3. The number of hydrogen-bond donors (Lipinski definition) is 1. The lowest BCUT2D eigenvalue weighted by molar-refractivity contribution is -0.120. The van der Waals surface area contributed by atoms with Gasteiger partial charge in [0.2, 0.25) is 5.91 Å². The van der Waals surface area contributed by atoms with Crippen LogP contribution in [0.4, 0.5) is 0 Å². The van der Waals surface area contributed by atoms with Gasteiger partial charge in [0.1, 0.15) is 0 Å². The Labute approximate surface area is 202 Å². The summed E-state index contributed by atoms with van der Waals surface area (Å²) < 4.78 is 6.33. The number of aromatic nitrogens is 2. The average Bonchev–Trinajstić information content (AvgIpc) is 2.87. The number of fused-ring (bicyclic) bond motifs is 1. The molecule has 1 atom stereocenters. The van der Waals surface area contributed by atoms with Gasteiger partial charge >= 0.3 is 5.97 Å². The highest BCUT2D eigenvalue weighted by Crippen LogP contribution is 2.26. The van der Waals surface area contributed by atoms with Crippen molar-refractivity contribution in [3.05, 3.63) is 64.4 Å². The Bertz CT molecular complexity index is 1240. The van der Waals surface area contributed by atoms with Crippen LogP contribution in [0.3, 0.4) is 0 Å². The van der Waals surface area contributed by atoms with Gasteiger partial charge in [0, 0.05) is 6.54 Å². The molecule has 0 radical (unpaired) electrons. The molecule has 1 saturated carbocycles. The first kappa shape index (κ1) is 24.0. The summed E-state index contributed by atoms with van der Waals surface area (Å²) in [6, 6.07) is 13.9. The summed E-state index contributed by atoms with van der Waals surface area (Å²) >= 11 is 1.23.